The summed E-state index contributed by atoms with van der Waals surface area (Å²) in [6.07, 6.45) is 2.31. The molecule has 15 heavy (non-hydrogen) atoms. The summed E-state index contributed by atoms with van der Waals surface area (Å²) >= 11 is 0. The fraction of sp³-hybridized carbons (Fsp3) is 0.444. The van der Waals surface area contributed by atoms with Crippen molar-refractivity contribution in [3.63, 3.8) is 0 Å². The smallest absolute Gasteiger partial charge is 0.182 e. The average Bonchev–Trinajstić information content (AvgIpc) is 2.26. The van der Waals surface area contributed by atoms with Gasteiger partial charge in [-0.3, -0.25) is 0 Å². The van der Waals surface area contributed by atoms with Gasteiger partial charge in [-0.25, -0.2) is 9.97 Å². The normalized spacial score (nSPS) is 14.0. The number of nitriles is 1. The van der Waals surface area contributed by atoms with Crippen LogP contribution in [0.2, 0.25) is 0 Å². The molecule has 0 saturated heterocycles. The van der Waals surface area contributed by atoms with Gasteiger partial charge in [0.25, 0.3) is 0 Å². The largest absolute Gasteiger partial charge is 0.392 e. The maximum atomic E-state index is 9.16. The number of nitrogens with zero attached hydrogens (tertiary/aromatic N) is 3. The van der Waals surface area contributed by atoms with Crippen LogP contribution in [0.15, 0.2) is 12.4 Å². The minimum Gasteiger partial charge on any atom is -0.392 e. The fourth-order valence-corrected chi connectivity index (χ4v) is 0.934. The maximum absolute atomic E-state index is 9.16. The summed E-state index contributed by atoms with van der Waals surface area (Å²) in [5.41, 5.74) is 5.83. The third-order valence-corrected chi connectivity index (χ3v) is 1.93. The van der Waals surface area contributed by atoms with Gasteiger partial charge in [0.15, 0.2) is 11.5 Å². The first-order valence-corrected chi connectivity index (χ1v) is 4.53. The monoisotopic (exact) mass is 207 g/mol. The minimum atomic E-state index is -0.611. The van der Waals surface area contributed by atoms with Crippen molar-refractivity contribution in [2.24, 2.45) is 5.73 Å². The first-order chi connectivity index (χ1) is 7.15. The Morgan fingerprint density at radius 1 is 1.60 bits per heavy atom. The van der Waals surface area contributed by atoms with E-state index in [-0.39, 0.29) is 5.69 Å². The lowest BCUT2D eigenvalue weighted by Crippen LogP contribution is -2.39. The molecule has 2 unspecified atom stereocenters. The first kappa shape index (κ1) is 11.4. The van der Waals surface area contributed by atoms with Gasteiger partial charge in [0.1, 0.15) is 6.07 Å². The fourth-order valence-electron chi connectivity index (χ4n) is 0.934. The van der Waals surface area contributed by atoms with E-state index in [2.05, 4.69) is 15.3 Å². The number of anilines is 1. The van der Waals surface area contributed by atoms with Crippen LogP contribution in [-0.2, 0) is 0 Å². The third kappa shape index (κ3) is 3.16. The molecule has 1 aromatic rings. The lowest BCUT2D eigenvalue weighted by atomic mass is 10.2. The van der Waals surface area contributed by atoms with Gasteiger partial charge in [-0.15, -0.1) is 0 Å². The highest BCUT2D eigenvalue weighted by atomic mass is 16.3. The highest BCUT2D eigenvalue weighted by Gasteiger charge is 2.10. The Balaban J connectivity index is 2.62. The van der Waals surface area contributed by atoms with Gasteiger partial charge >= 0.3 is 0 Å². The van der Waals surface area contributed by atoms with Gasteiger partial charge in [0.05, 0.1) is 6.10 Å². The molecule has 0 saturated carbocycles. The van der Waals surface area contributed by atoms with Gasteiger partial charge in [0, 0.05) is 25.0 Å². The van der Waals surface area contributed by atoms with Crippen molar-refractivity contribution in [1.29, 1.82) is 5.26 Å². The summed E-state index contributed by atoms with van der Waals surface area (Å²) < 4.78 is 0. The molecule has 6 heteroatoms. The molecule has 2 atom stereocenters. The second kappa shape index (κ2) is 5.24. The van der Waals surface area contributed by atoms with Crippen LogP contribution in [0.1, 0.15) is 12.6 Å². The van der Waals surface area contributed by atoms with E-state index in [4.69, 9.17) is 16.1 Å². The Bertz CT molecular complexity index is 360. The Labute approximate surface area is 87.8 Å². The lowest BCUT2D eigenvalue weighted by molar-refractivity contribution is 0.168. The number of rotatable bonds is 4. The van der Waals surface area contributed by atoms with Crippen molar-refractivity contribution < 1.29 is 5.11 Å². The van der Waals surface area contributed by atoms with E-state index in [1.165, 1.54) is 12.4 Å². The molecule has 0 amide bonds. The topological polar surface area (TPSA) is 108 Å². The van der Waals surface area contributed by atoms with Gasteiger partial charge in [-0.05, 0) is 6.92 Å². The standard InChI is InChI=1S/C9H13N5O/c1-6(15)7(11)5-14-9-8(4-10)12-2-3-13-9/h2-3,6-7,15H,5,11H2,1H3,(H,13,14). The summed E-state index contributed by atoms with van der Waals surface area (Å²) in [4.78, 5) is 7.78. The molecule has 6 nitrogen and oxygen atoms in total. The van der Waals surface area contributed by atoms with E-state index in [0.717, 1.165) is 0 Å². The molecular formula is C9H13N5O. The summed E-state index contributed by atoms with van der Waals surface area (Å²) in [6, 6.07) is 1.50. The molecule has 1 rings (SSSR count). The summed E-state index contributed by atoms with van der Waals surface area (Å²) in [7, 11) is 0. The minimum absolute atomic E-state index is 0.218. The summed E-state index contributed by atoms with van der Waals surface area (Å²) in [6.45, 7) is 1.94. The second-order valence-electron chi connectivity index (χ2n) is 3.15. The first-order valence-electron chi connectivity index (χ1n) is 4.53. The molecule has 0 aliphatic rings. The van der Waals surface area contributed by atoms with Gasteiger partial charge in [-0.1, -0.05) is 0 Å². The van der Waals surface area contributed by atoms with Gasteiger partial charge in [-0.2, -0.15) is 5.26 Å². The quantitative estimate of drug-likeness (QED) is 0.612. The van der Waals surface area contributed by atoms with E-state index in [1.54, 1.807) is 6.92 Å². The highest BCUT2D eigenvalue weighted by Crippen LogP contribution is 2.06. The molecule has 1 heterocycles. The number of aliphatic hydroxyl groups is 1. The van der Waals surface area contributed by atoms with Crippen LogP contribution in [0.5, 0.6) is 0 Å². The molecule has 1 aromatic heterocycles. The molecule has 0 radical (unpaired) electrons. The maximum Gasteiger partial charge on any atom is 0.182 e. The van der Waals surface area contributed by atoms with Crippen molar-refractivity contribution in [2.75, 3.05) is 11.9 Å². The van der Waals surface area contributed by atoms with E-state index < -0.39 is 12.1 Å². The average molecular weight is 207 g/mol. The molecule has 0 aliphatic carbocycles. The molecule has 0 bridgehead atoms. The zero-order valence-electron chi connectivity index (χ0n) is 8.38. The predicted octanol–water partition coefficient (Wildman–Crippen LogP) is -0.532. The predicted molar refractivity (Wildman–Crippen MR) is 54.9 cm³/mol. The molecule has 0 spiro atoms. The number of nitrogens with one attached hydrogen (secondary N) is 1. The molecule has 0 fully saturated rings. The number of aliphatic hydroxyl groups excluding tert-OH is 1. The van der Waals surface area contributed by atoms with Crippen molar-refractivity contribution in [3.05, 3.63) is 18.1 Å². The molecule has 4 N–H and O–H groups in total. The number of aromatic nitrogens is 2. The molecule has 0 aromatic carbocycles. The van der Waals surface area contributed by atoms with Crippen molar-refractivity contribution >= 4 is 5.82 Å². The van der Waals surface area contributed by atoms with Crippen LogP contribution in [0, 0.1) is 11.3 Å². The van der Waals surface area contributed by atoms with Crippen LogP contribution in [0.25, 0.3) is 0 Å². The van der Waals surface area contributed by atoms with Crippen molar-refractivity contribution in [3.8, 4) is 6.07 Å². The van der Waals surface area contributed by atoms with Crippen LogP contribution in [0.4, 0.5) is 5.82 Å². The summed E-state index contributed by atoms with van der Waals surface area (Å²) in [5, 5.41) is 20.7. The molecular weight excluding hydrogens is 194 g/mol. The molecule has 0 aliphatic heterocycles. The van der Waals surface area contributed by atoms with Gasteiger partial charge < -0.3 is 16.2 Å². The van der Waals surface area contributed by atoms with Crippen LogP contribution in [-0.4, -0.2) is 33.8 Å². The Morgan fingerprint density at radius 2 is 2.27 bits per heavy atom. The zero-order valence-corrected chi connectivity index (χ0v) is 8.38. The lowest BCUT2D eigenvalue weighted by Gasteiger charge is -2.15. The highest BCUT2D eigenvalue weighted by molar-refractivity contribution is 5.46. The van der Waals surface area contributed by atoms with Crippen molar-refractivity contribution in [1.82, 2.24) is 9.97 Å². The second-order valence-corrected chi connectivity index (χ2v) is 3.15. The van der Waals surface area contributed by atoms with Crippen LogP contribution < -0.4 is 11.1 Å². The Kier molecular flexibility index (Phi) is 3.97. The number of hydrogen-bond acceptors (Lipinski definition) is 6. The van der Waals surface area contributed by atoms with E-state index in [1.807, 2.05) is 6.07 Å². The zero-order chi connectivity index (χ0) is 11.3. The number of hydrogen-bond donors (Lipinski definition) is 3. The van der Waals surface area contributed by atoms with Gasteiger partial charge in [0.2, 0.25) is 0 Å². The third-order valence-electron chi connectivity index (χ3n) is 1.93. The Hall–Kier alpha value is -1.71. The van der Waals surface area contributed by atoms with Crippen molar-refractivity contribution in [2.45, 2.75) is 19.1 Å². The Morgan fingerprint density at radius 3 is 2.87 bits per heavy atom. The van der Waals surface area contributed by atoms with Crippen LogP contribution >= 0.6 is 0 Å². The number of nitrogens with two attached hydrogens (primary N) is 1. The molecule has 80 valence electrons. The SMILES string of the molecule is CC(O)C(N)CNc1nccnc1C#N. The van der Waals surface area contributed by atoms with E-state index in [0.29, 0.717) is 12.4 Å². The van der Waals surface area contributed by atoms with E-state index in [9.17, 15) is 0 Å². The van der Waals surface area contributed by atoms with E-state index >= 15 is 0 Å². The summed E-state index contributed by atoms with van der Waals surface area (Å²) in [5.74, 6) is 0.385. The van der Waals surface area contributed by atoms with Crippen LogP contribution in [0.3, 0.4) is 0 Å².